The molecular weight excluding hydrogens is 389 g/mol. The van der Waals surface area contributed by atoms with E-state index in [0.717, 1.165) is 43.6 Å². The topological polar surface area (TPSA) is 36.9 Å². The van der Waals surface area contributed by atoms with Crippen molar-refractivity contribution in [2.75, 3.05) is 20.1 Å². The molecule has 1 saturated carbocycles. The lowest BCUT2D eigenvalue weighted by atomic mass is 10.1. The van der Waals surface area contributed by atoms with Gasteiger partial charge in [-0.25, -0.2) is 0 Å². The summed E-state index contributed by atoms with van der Waals surface area (Å²) in [6, 6.07) is 10.7. The Bertz CT molecular complexity index is 486. The quantitative estimate of drug-likeness (QED) is 0.468. The molecule has 0 aromatic heterocycles. The highest BCUT2D eigenvalue weighted by Crippen LogP contribution is 2.29. The second kappa shape index (κ2) is 8.04. The van der Waals surface area contributed by atoms with Crippen LogP contribution in [0.1, 0.15) is 26.2 Å². The fourth-order valence-corrected chi connectivity index (χ4v) is 2.86. The molecule has 3 rings (SSSR count). The van der Waals surface area contributed by atoms with Gasteiger partial charge in [-0.1, -0.05) is 25.1 Å². The van der Waals surface area contributed by atoms with Crippen LogP contribution in [-0.4, -0.2) is 43.1 Å². The molecule has 2 unspecified atom stereocenters. The van der Waals surface area contributed by atoms with Gasteiger partial charge in [-0.15, -0.1) is 24.0 Å². The number of rotatable bonds is 3. The van der Waals surface area contributed by atoms with Crippen molar-refractivity contribution in [3.05, 3.63) is 30.3 Å². The van der Waals surface area contributed by atoms with Gasteiger partial charge < -0.3 is 15.0 Å². The first-order valence-electron chi connectivity index (χ1n) is 7.96. The van der Waals surface area contributed by atoms with E-state index in [1.54, 1.807) is 0 Å². The van der Waals surface area contributed by atoms with Crippen molar-refractivity contribution in [2.45, 2.75) is 38.3 Å². The van der Waals surface area contributed by atoms with Crippen molar-refractivity contribution >= 4 is 29.9 Å². The molecule has 0 radical (unpaired) electrons. The monoisotopic (exact) mass is 415 g/mol. The highest BCUT2D eigenvalue weighted by molar-refractivity contribution is 14.0. The summed E-state index contributed by atoms with van der Waals surface area (Å²) in [7, 11) is 1.88. The van der Waals surface area contributed by atoms with E-state index < -0.39 is 0 Å². The van der Waals surface area contributed by atoms with E-state index >= 15 is 0 Å². The predicted molar refractivity (Wildman–Crippen MR) is 101 cm³/mol. The number of para-hydroxylation sites is 1. The highest BCUT2D eigenvalue weighted by Gasteiger charge is 2.34. The zero-order valence-electron chi connectivity index (χ0n) is 13.4. The summed E-state index contributed by atoms with van der Waals surface area (Å²) in [6.45, 7) is 4.31. The Morgan fingerprint density at radius 3 is 2.41 bits per heavy atom. The summed E-state index contributed by atoms with van der Waals surface area (Å²) in [5.41, 5.74) is 0. The van der Waals surface area contributed by atoms with E-state index in [-0.39, 0.29) is 24.0 Å². The van der Waals surface area contributed by atoms with Crippen LogP contribution in [0.3, 0.4) is 0 Å². The van der Waals surface area contributed by atoms with Crippen LogP contribution in [0.25, 0.3) is 0 Å². The number of likely N-dealkylation sites (tertiary alicyclic amines) is 1. The third-order valence-corrected chi connectivity index (χ3v) is 4.42. The molecule has 1 aromatic carbocycles. The van der Waals surface area contributed by atoms with Gasteiger partial charge >= 0.3 is 0 Å². The minimum Gasteiger partial charge on any atom is -0.490 e. The molecule has 1 heterocycles. The predicted octanol–water partition coefficient (Wildman–Crippen LogP) is 3.13. The van der Waals surface area contributed by atoms with Crippen LogP contribution in [0.5, 0.6) is 5.75 Å². The van der Waals surface area contributed by atoms with Gasteiger partial charge in [0, 0.05) is 39.0 Å². The fourth-order valence-electron chi connectivity index (χ4n) is 2.86. The average Bonchev–Trinajstić information content (AvgIpc) is 3.22. The molecule has 1 aromatic rings. The normalized spacial score (nSPS) is 25.4. The molecule has 22 heavy (non-hydrogen) atoms. The van der Waals surface area contributed by atoms with Gasteiger partial charge in [0.15, 0.2) is 5.96 Å². The van der Waals surface area contributed by atoms with Gasteiger partial charge in [-0.05, 0) is 24.5 Å². The maximum atomic E-state index is 6.04. The molecule has 0 amide bonds. The van der Waals surface area contributed by atoms with Crippen LogP contribution in [0, 0.1) is 5.92 Å². The summed E-state index contributed by atoms with van der Waals surface area (Å²) < 4.78 is 6.04. The van der Waals surface area contributed by atoms with E-state index in [4.69, 9.17) is 4.74 Å². The van der Waals surface area contributed by atoms with Crippen molar-refractivity contribution in [1.29, 1.82) is 0 Å². The van der Waals surface area contributed by atoms with Crippen molar-refractivity contribution < 1.29 is 4.74 Å². The second-order valence-electron chi connectivity index (χ2n) is 6.13. The molecule has 2 fully saturated rings. The Morgan fingerprint density at radius 1 is 1.23 bits per heavy atom. The van der Waals surface area contributed by atoms with Crippen LogP contribution in [0.15, 0.2) is 35.3 Å². The zero-order chi connectivity index (χ0) is 14.7. The van der Waals surface area contributed by atoms with Gasteiger partial charge in [0.05, 0.1) is 0 Å². The molecule has 2 atom stereocenters. The number of ether oxygens (including phenoxy) is 1. The van der Waals surface area contributed by atoms with Gasteiger partial charge in [0.2, 0.25) is 0 Å². The minimum atomic E-state index is 0. The molecule has 1 saturated heterocycles. The lowest BCUT2D eigenvalue weighted by molar-refractivity contribution is 0.129. The molecule has 2 aliphatic rings. The lowest BCUT2D eigenvalue weighted by Gasteiger charge is -2.34. The van der Waals surface area contributed by atoms with Gasteiger partial charge in [0.25, 0.3) is 0 Å². The van der Waals surface area contributed by atoms with Crippen molar-refractivity contribution in [3.8, 4) is 5.75 Å². The Balaban J connectivity index is 0.00000176. The summed E-state index contributed by atoms with van der Waals surface area (Å²) in [5, 5.41) is 3.56. The number of piperidine rings is 1. The lowest BCUT2D eigenvalue weighted by Crippen LogP contribution is -2.48. The van der Waals surface area contributed by atoms with Gasteiger partial charge in [0.1, 0.15) is 11.9 Å². The largest absolute Gasteiger partial charge is 0.490 e. The molecule has 0 spiro atoms. The SMILES string of the molecule is CN=C(NC1CC1C)N1CCC(Oc2ccccc2)CC1.I. The molecule has 4 nitrogen and oxygen atoms in total. The Kier molecular flexibility index (Phi) is 6.35. The van der Waals surface area contributed by atoms with E-state index in [1.807, 2.05) is 37.4 Å². The third kappa shape index (κ3) is 4.51. The minimum absolute atomic E-state index is 0. The van der Waals surface area contributed by atoms with Crippen molar-refractivity contribution in [1.82, 2.24) is 10.2 Å². The van der Waals surface area contributed by atoms with Crippen molar-refractivity contribution in [2.24, 2.45) is 10.9 Å². The van der Waals surface area contributed by atoms with Crippen molar-refractivity contribution in [3.63, 3.8) is 0 Å². The smallest absolute Gasteiger partial charge is 0.193 e. The number of nitrogens with zero attached hydrogens (tertiary/aromatic N) is 2. The zero-order valence-corrected chi connectivity index (χ0v) is 15.7. The standard InChI is InChI=1S/C17H25N3O.HI/c1-13-12-16(13)19-17(18-2)20-10-8-15(9-11-20)21-14-6-4-3-5-7-14;/h3-7,13,15-16H,8-12H2,1-2H3,(H,18,19);1H. The molecular formula is C17H26IN3O. The van der Waals surface area contributed by atoms with Gasteiger partial charge in [-0.2, -0.15) is 0 Å². The van der Waals surface area contributed by atoms with E-state index in [9.17, 15) is 0 Å². The first-order valence-corrected chi connectivity index (χ1v) is 7.96. The summed E-state index contributed by atoms with van der Waals surface area (Å²) in [6.07, 6.45) is 3.69. The van der Waals surface area contributed by atoms with Crippen LogP contribution < -0.4 is 10.1 Å². The first kappa shape index (κ1) is 17.4. The number of hydrogen-bond donors (Lipinski definition) is 1. The fraction of sp³-hybridized carbons (Fsp3) is 0.588. The molecule has 1 N–H and O–H groups in total. The molecule has 1 aliphatic heterocycles. The molecule has 5 heteroatoms. The van der Waals surface area contributed by atoms with E-state index in [1.165, 1.54) is 6.42 Å². The number of nitrogens with one attached hydrogen (secondary N) is 1. The maximum Gasteiger partial charge on any atom is 0.193 e. The summed E-state index contributed by atoms with van der Waals surface area (Å²) >= 11 is 0. The summed E-state index contributed by atoms with van der Waals surface area (Å²) in [5.74, 6) is 2.83. The Labute approximate surface area is 150 Å². The van der Waals surface area contributed by atoms with Crippen LogP contribution >= 0.6 is 24.0 Å². The Morgan fingerprint density at radius 2 is 1.86 bits per heavy atom. The number of guanidine groups is 1. The van der Waals surface area contributed by atoms with Crippen LogP contribution in [0.4, 0.5) is 0 Å². The van der Waals surface area contributed by atoms with E-state index in [0.29, 0.717) is 12.1 Å². The van der Waals surface area contributed by atoms with E-state index in [2.05, 4.69) is 22.1 Å². The average molecular weight is 415 g/mol. The molecule has 1 aliphatic carbocycles. The number of hydrogen-bond acceptors (Lipinski definition) is 2. The van der Waals surface area contributed by atoms with Crippen LogP contribution in [-0.2, 0) is 0 Å². The number of aliphatic imine (C=N–C) groups is 1. The number of halogens is 1. The van der Waals surface area contributed by atoms with Crippen LogP contribution in [0.2, 0.25) is 0 Å². The first-order chi connectivity index (χ1) is 10.3. The molecule has 122 valence electrons. The number of benzene rings is 1. The van der Waals surface area contributed by atoms with Gasteiger partial charge in [-0.3, -0.25) is 4.99 Å². The maximum absolute atomic E-state index is 6.04. The summed E-state index contributed by atoms with van der Waals surface area (Å²) in [4.78, 5) is 6.78. The Hall–Kier alpha value is -0.980. The molecule has 0 bridgehead atoms. The second-order valence-corrected chi connectivity index (χ2v) is 6.13. The third-order valence-electron chi connectivity index (χ3n) is 4.42. The highest BCUT2D eigenvalue weighted by atomic mass is 127.